The zero-order chi connectivity index (χ0) is 21.2. The molecule has 154 valence electrons. The number of thiazole rings is 1. The molecule has 0 saturated heterocycles. The third kappa shape index (κ3) is 5.03. The van der Waals surface area contributed by atoms with Crippen LogP contribution in [-0.2, 0) is 11.3 Å². The van der Waals surface area contributed by atoms with E-state index in [1.165, 1.54) is 25.2 Å². The van der Waals surface area contributed by atoms with Crippen LogP contribution in [0.25, 0.3) is 10.2 Å². The molecule has 2 unspecified atom stereocenters. The Bertz CT molecular complexity index is 975. The first kappa shape index (κ1) is 21.0. The molecule has 0 fully saturated rings. The quantitative estimate of drug-likeness (QED) is 0.632. The average molecular weight is 426 g/mol. The van der Waals surface area contributed by atoms with E-state index in [2.05, 4.69) is 9.72 Å². The number of aliphatic hydroxyl groups is 2. The summed E-state index contributed by atoms with van der Waals surface area (Å²) in [5, 5.41) is 20.8. The highest BCUT2D eigenvalue weighted by molar-refractivity contribution is 7.18. The minimum absolute atomic E-state index is 0.0994. The number of fused-ring (bicyclic) bond motifs is 1. The van der Waals surface area contributed by atoms with E-state index >= 15 is 0 Å². The van der Waals surface area contributed by atoms with Crippen LogP contribution >= 0.6 is 11.3 Å². The predicted octanol–water partition coefficient (Wildman–Crippen LogP) is 3.25. The Morgan fingerprint density at radius 3 is 2.52 bits per heavy atom. The van der Waals surface area contributed by atoms with Gasteiger partial charge in [0.1, 0.15) is 16.9 Å². The van der Waals surface area contributed by atoms with Crippen molar-refractivity contribution in [3.63, 3.8) is 0 Å². The number of carbonyl (C=O) groups is 1. The lowest BCUT2D eigenvalue weighted by atomic mass is 10.1. The summed E-state index contributed by atoms with van der Waals surface area (Å²) in [7, 11) is 1.31. The standard InChI is InChI=1S/C19H17F3N2O4S/c1-24(10-11-6-2-4-8-13(11)28-19(20,21)22)18(27)16(26)15(25)17-23-12-7-3-5-9-14(12)29-17/h2-9,15-16,25-26H,10H2,1H3. The van der Waals surface area contributed by atoms with Crippen LogP contribution in [0.15, 0.2) is 48.5 Å². The zero-order valence-electron chi connectivity index (χ0n) is 15.1. The van der Waals surface area contributed by atoms with E-state index in [-0.39, 0.29) is 17.1 Å². The van der Waals surface area contributed by atoms with Crippen molar-refractivity contribution in [3.05, 3.63) is 59.1 Å². The third-order valence-electron chi connectivity index (χ3n) is 4.10. The summed E-state index contributed by atoms with van der Waals surface area (Å²) < 4.78 is 42.4. The molecule has 0 aliphatic carbocycles. The van der Waals surface area contributed by atoms with Gasteiger partial charge in [-0.3, -0.25) is 4.79 Å². The summed E-state index contributed by atoms with van der Waals surface area (Å²) in [6.45, 7) is -0.255. The Morgan fingerprint density at radius 1 is 1.17 bits per heavy atom. The first-order valence-corrected chi connectivity index (χ1v) is 9.27. The number of aromatic nitrogens is 1. The van der Waals surface area contributed by atoms with Crippen LogP contribution < -0.4 is 4.74 Å². The van der Waals surface area contributed by atoms with Gasteiger partial charge >= 0.3 is 6.36 Å². The van der Waals surface area contributed by atoms with E-state index in [0.29, 0.717) is 5.52 Å². The number of nitrogens with zero attached hydrogens (tertiary/aromatic N) is 2. The molecule has 0 saturated carbocycles. The number of rotatable bonds is 6. The Kier molecular flexibility index (Phi) is 6.06. The number of likely N-dealkylation sites (N-methyl/N-ethyl adjacent to an activating group) is 1. The highest BCUT2D eigenvalue weighted by Gasteiger charge is 2.33. The molecule has 0 aliphatic rings. The van der Waals surface area contributed by atoms with Crippen LogP contribution in [0.2, 0.25) is 0 Å². The fraction of sp³-hybridized carbons (Fsp3) is 0.263. The number of para-hydroxylation sites is 2. The molecule has 1 heterocycles. The van der Waals surface area contributed by atoms with Gasteiger partial charge in [-0.15, -0.1) is 24.5 Å². The van der Waals surface area contributed by atoms with E-state index < -0.39 is 30.2 Å². The van der Waals surface area contributed by atoms with Crippen LogP contribution in [0, 0.1) is 0 Å². The summed E-state index contributed by atoms with van der Waals surface area (Å²) in [5.41, 5.74) is 0.722. The minimum atomic E-state index is -4.87. The number of carbonyl (C=O) groups excluding carboxylic acids is 1. The number of ether oxygens (including phenoxy) is 1. The van der Waals surface area contributed by atoms with E-state index in [0.717, 1.165) is 27.0 Å². The summed E-state index contributed by atoms with van der Waals surface area (Å²) in [6, 6.07) is 12.5. The Morgan fingerprint density at radius 2 is 1.83 bits per heavy atom. The second kappa shape index (κ2) is 8.36. The number of hydrogen-bond acceptors (Lipinski definition) is 6. The largest absolute Gasteiger partial charge is 0.573 e. The van der Waals surface area contributed by atoms with Gasteiger partial charge in [-0.1, -0.05) is 30.3 Å². The Labute approximate surface area is 167 Å². The summed E-state index contributed by atoms with van der Waals surface area (Å²) in [5.74, 6) is -1.31. The predicted molar refractivity (Wildman–Crippen MR) is 100 cm³/mol. The van der Waals surface area contributed by atoms with Crippen molar-refractivity contribution in [3.8, 4) is 5.75 Å². The van der Waals surface area contributed by atoms with Crippen molar-refractivity contribution >= 4 is 27.5 Å². The molecule has 3 aromatic rings. The first-order chi connectivity index (χ1) is 13.7. The van der Waals surface area contributed by atoms with Crippen molar-refractivity contribution in [2.45, 2.75) is 25.1 Å². The lowest BCUT2D eigenvalue weighted by Crippen LogP contribution is -2.39. The maximum atomic E-state index is 12.5. The zero-order valence-corrected chi connectivity index (χ0v) is 15.9. The van der Waals surface area contributed by atoms with Crippen LogP contribution in [-0.4, -0.2) is 45.5 Å². The molecule has 2 aromatic carbocycles. The van der Waals surface area contributed by atoms with Gasteiger partial charge in [0.15, 0.2) is 6.10 Å². The summed E-state index contributed by atoms with van der Waals surface area (Å²) >= 11 is 1.14. The van der Waals surface area contributed by atoms with Crippen LogP contribution in [0.4, 0.5) is 13.2 Å². The second-order valence-electron chi connectivity index (χ2n) is 6.26. The van der Waals surface area contributed by atoms with Crippen LogP contribution in [0.5, 0.6) is 5.75 Å². The molecule has 1 aromatic heterocycles. The molecule has 6 nitrogen and oxygen atoms in total. The molecule has 1 amide bonds. The number of hydrogen-bond donors (Lipinski definition) is 2. The third-order valence-corrected chi connectivity index (χ3v) is 5.20. The Hall–Kier alpha value is -2.69. The lowest BCUT2D eigenvalue weighted by Gasteiger charge is -2.24. The van der Waals surface area contributed by atoms with Gasteiger partial charge in [-0.05, 0) is 18.2 Å². The number of halogens is 3. The van der Waals surface area contributed by atoms with Crippen molar-refractivity contribution in [1.29, 1.82) is 0 Å². The number of amides is 1. The van der Waals surface area contributed by atoms with E-state index in [1.807, 2.05) is 0 Å². The maximum Gasteiger partial charge on any atom is 0.573 e. The molecule has 2 N–H and O–H groups in total. The van der Waals surface area contributed by atoms with Crippen LogP contribution in [0.1, 0.15) is 16.7 Å². The van der Waals surface area contributed by atoms with E-state index in [9.17, 15) is 28.2 Å². The smallest absolute Gasteiger partial charge is 0.405 e. The molecule has 3 rings (SSSR count). The summed E-state index contributed by atoms with van der Waals surface area (Å²) in [4.78, 5) is 17.7. The van der Waals surface area contributed by atoms with Gasteiger partial charge < -0.3 is 19.8 Å². The lowest BCUT2D eigenvalue weighted by molar-refractivity contribution is -0.275. The van der Waals surface area contributed by atoms with Gasteiger partial charge in [0, 0.05) is 19.2 Å². The summed E-state index contributed by atoms with van der Waals surface area (Å²) in [6.07, 6.45) is -8.26. The highest BCUT2D eigenvalue weighted by Crippen LogP contribution is 2.30. The number of aliphatic hydroxyl groups excluding tert-OH is 2. The van der Waals surface area contributed by atoms with Crippen molar-refractivity contribution in [2.24, 2.45) is 0 Å². The van der Waals surface area contributed by atoms with E-state index in [4.69, 9.17) is 0 Å². The van der Waals surface area contributed by atoms with Gasteiger partial charge in [0.05, 0.1) is 10.2 Å². The average Bonchev–Trinajstić information content (AvgIpc) is 3.10. The molecule has 0 spiro atoms. The molecule has 0 radical (unpaired) electrons. The van der Waals surface area contributed by atoms with Crippen molar-refractivity contribution < 1.29 is 32.9 Å². The Balaban J connectivity index is 1.73. The molecule has 2 atom stereocenters. The van der Waals surface area contributed by atoms with Gasteiger partial charge in [-0.25, -0.2) is 4.98 Å². The van der Waals surface area contributed by atoms with Crippen molar-refractivity contribution in [1.82, 2.24) is 9.88 Å². The molecular weight excluding hydrogens is 409 g/mol. The molecule has 10 heteroatoms. The van der Waals surface area contributed by atoms with Gasteiger partial charge in [0.25, 0.3) is 5.91 Å². The number of alkyl halides is 3. The molecule has 0 aliphatic heterocycles. The van der Waals surface area contributed by atoms with Crippen molar-refractivity contribution in [2.75, 3.05) is 7.05 Å². The van der Waals surface area contributed by atoms with Gasteiger partial charge in [0.2, 0.25) is 0 Å². The topological polar surface area (TPSA) is 82.9 Å². The maximum absolute atomic E-state index is 12.5. The van der Waals surface area contributed by atoms with E-state index in [1.54, 1.807) is 24.3 Å². The first-order valence-electron chi connectivity index (χ1n) is 8.46. The SMILES string of the molecule is CN(Cc1ccccc1OC(F)(F)F)C(=O)C(O)C(O)c1nc2ccccc2s1. The monoisotopic (exact) mass is 426 g/mol. The van der Waals surface area contributed by atoms with Gasteiger partial charge in [-0.2, -0.15) is 0 Å². The molecular formula is C19H17F3N2O4S. The normalized spacial score (nSPS) is 13.9. The minimum Gasteiger partial charge on any atom is -0.405 e. The number of benzene rings is 2. The molecule has 0 bridgehead atoms. The fourth-order valence-electron chi connectivity index (χ4n) is 2.70. The fourth-order valence-corrected chi connectivity index (χ4v) is 3.69. The second-order valence-corrected chi connectivity index (χ2v) is 7.32. The highest BCUT2D eigenvalue weighted by atomic mass is 32.1. The van der Waals surface area contributed by atoms with Crippen LogP contribution in [0.3, 0.4) is 0 Å². The molecule has 29 heavy (non-hydrogen) atoms.